The van der Waals surface area contributed by atoms with Gasteiger partial charge in [-0.2, -0.15) is 0 Å². The predicted molar refractivity (Wildman–Crippen MR) is 119 cm³/mol. The minimum absolute atomic E-state index is 0. The van der Waals surface area contributed by atoms with E-state index in [-0.39, 0.29) is 24.0 Å². The number of nitrogens with one attached hydrogen (secondary N) is 2. The van der Waals surface area contributed by atoms with Crippen LogP contribution >= 0.6 is 24.0 Å². The Morgan fingerprint density at radius 2 is 1.92 bits per heavy atom. The molecule has 1 aliphatic carbocycles. The number of nitrogens with zero attached hydrogens (tertiary/aromatic N) is 3. The monoisotopic (exact) mass is 465 g/mol. The Morgan fingerprint density at radius 1 is 1.20 bits per heavy atom. The van der Waals surface area contributed by atoms with Crippen LogP contribution in [0.3, 0.4) is 0 Å². The van der Waals surface area contributed by atoms with Crippen LogP contribution in [-0.4, -0.2) is 73.2 Å². The van der Waals surface area contributed by atoms with Crippen LogP contribution in [0.4, 0.5) is 0 Å². The highest BCUT2D eigenvalue weighted by Gasteiger charge is 2.30. The van der Waals surface area contributed by atoms with E-state index in [1.54, 1.807) is 0 Å². The van der Waals surface area contributed by atoms with Gasteiger partial charge >= 0.3 is 0 Å². The highest BCUT2D eigenvalue weighted by molar-refractivity contribution is 14.0. The molecule has 1 saturated carbocycles. The molecular weight excluding hydrogens is 425 g/mol. The van der Waals surface area contributed by atoms with Gasteiger partial charge in [-0.05, 0) is 46.6 Å². The lowest BCUT2D eigenvalue weighted by atomic mass is 10.2. The molecule has 0 aromatic heterocycles. The number of halogens is 1. The molecule has 0 radical (unpaired) electrons. The lowest BCUT2D eigenvalue weighted by Gasteiger charge is -2.25. The summed E-state index contributed by atoms with van der Waals surface area (Å²) in [4.78, 5) is 9.97. The van der Waals surface area contributed by atoms with Gasteiger partial charge in [0.2, 0.25) is 0 Å². The van der Waals surface area contributed by atoms with Gasteiger partial charge in [-0.1, -0.05) is 19.8 Å². The summed E-state index contributed by atoms with van der Waals surface area (Å²) in [7, 11) is 0. The maximum atomic E-state index is 4.80. The fourth-order valence-corrected chi connectivity index (χ4v) is 4.09. The molecule has 1 unspecified atom stereocenters. The van der Waals surface area contributed by atoms with Gasteiger partial charge in [0.1, 0.15) is 0 Å². The van der Waals surface area contributed by atoms with E-state index in [9.17, 15) is 0 Å². The minimum atomic E-state index is 0. The molecule has 0 aromatic carbocycles. The average Bonchev–Trinajstić information content (AvgIpc) is 3.22. The van der Waals surface area contributed by atoms with Crippen molar-refractivity contribution in [2.24, 2.45) is 4.99 Å². The van der Waals surface area contributed by atoms with E-state index in [1.807, 2.05) is 0 Å². The summed E-state index contributed by atoms with van der Waals surface area (Å²) in [6.45, 7) is 15.2. The zero-order valence-electron chi connectivity index (χ0n) is 16.8. The van der Waals surface area contributed by atoms with Crippen molar-refractivity contribution in [2.45, 2.75) is 77.9 Å². The first-order chi connectivity index (χ1) is 11.6. The van der Waals surface area contributed by atoms with Crippen LogP contribution in [0.25, 0.3) is 0 Å². The highest BCUT2D eigenvalue weighted by Crippen LogP contribution is 2.26. The van der Waals surface area contributed by atoms with Gasteiger partial charge in [-0.15, -0.1) is 24.0 Å². The van der Waals surface area contributed by atoms with Crippen molar-refractivity contribution in [3.63, 3.8) is 0 Å². The van der Waals surface area contributed by atoms with E-state index < -0.39 is 0 Å². The zero-order chi connectivity index (χ0) is 17.4. The fourth-order valence-electron chi connectivity index (χ4n) is 4.09. The average molecular weight is 465 g/mol. The highest BCUT2D eigenvalue weighted by atomic mass is 127. The fraction of sp³-hybridized carbons (Fsp3) is 0.947. The summed E-state index contributed by atoms with van der Waals surface area (Å²) < 4.78 is 0. The van der Waals surface area contributed by atoms with Gasteiger partial charge in [0.25, 0.3) is 0 Å². The van der Waals surface area contributed by atoms with E-state index in [4.69, 9.17) is 4.99 Å². The second-order valence-electron chi connectivity index (χ2n) is 7.55. The van der Waals surface area contributed by atoms with Crippen molar-refractivity contribution in [1.82, 2.24) is 20.4 Å². The topological polar surface area (TPSA) is 42.9 Å². The third-order valence-electron chi connectivity index (χ3n) is 5.54. The van der Waals surface area contributed by atoms with Gasteiger partial charge in [-0.25, -0.2) is 0 Å². The maximum Gasteiger partial charge on any atom is 0.191 e. The molecule has 2 rings (SSSR count). The first kappa shape index (κ1) is 23.0. The number of likely N-dealkylation sites (N-methyl/N-ethyl adjacent to an activating group) is 1. The molecule has 1 aliphatic heterocycles. The number of guanidine groups is 1. The number of hydrogen-bond acceptors (Lipinski definition) is 3. The van der Waals surface area contributed by atoms with Crippen molar-refractivity contribution in [3.05, 3.63) is 0 Å². The first-order valence-electron chi connectivity index (χ1n) is 10.2. The Morgan fingerprint density at radius 3 is 2.52 bits per heavy atom. The Bertz CT molecular complexity index is 382. The lowest BCUT2D eigenvalue weighted by Crippen LogP contribution is -2.45. The lowest BCUT2D eigenvalue weighted by molar-refractivity contribution is 0.240. The normalized spacial score (nSPS) is 22.6. The van der Waals surface area contributed by atoms with Gasteiger partial charge in [0, 0.05) is 44.3 Å². The molecule has 0 amide bonds. The minimum Gasteiger partial charge on any atom is -0.357 e. The zero-order valence-corrected chi connectivity index (χ0v) is 19.1. The summed E-state index contributed by atoms with van der Waals surface area (Å²) in [5, 5.41) is 7.09. The van der Waals surface area contributed by atoms with Crippen molar-refractivity contribution < 1.29 is 0 Å². The molecule has 0 aromatic rings. The van der Waals surface area contributed by atoms with E-state index >= 15 is 0 Å². The Hall–Kier alpha value is -0.0800. The van der Waals surface area contributed by atoms with Gasteiger partial charge in [-0.3, -0.25) is 14.8 Å². The molecule has 2 N–H and O–H groups in total. The summed E-state index contributed by atoms with van der Waals surface area (Å²) in [5.74, 6) is 0.996. The summed E-state index contributed by atoms with van der Waals surface area (Å²) in [6, 6.07) is 1.99. The van der Waals surface area contributed by atoms with Crippen molar-refractivity contribution in [3.8, 4) is 0 Å². The second kappa shape index (κ2) is 12.3. The molecular formula is C19H40IN5. The molecule has 2 fully saturated rings. The van der Waals surface area contributed by atoms with Crippen LogP contribution in [0.15, 0.2) is 4.99 Å². The molecule has 5 nitrogen and oxygen atoms in total. The SMILES string of the molecule is CCNC(=NCCN(CC)C(C)C)NC1CCN(C2CCCC2)C1.I. The van der Waals surface area contributed by atoms with Gasteiger partial charge in [0.15, 0.2) is 5.96 Å². The molecule has 0 bridgehead atoms. The van der Waals surface area contributed by atoms with Crippen molar-refractivity contribution in [2.75, 3.05) is 39.3 Å². The van der Waals surface area contributed by atoms with Crippen LogP contribution in [0.1, 0.15) is 59.8 Å². The molecule has 2 aliphatic rings. The predicted octanol–water partition coefficient (Wildman–Crippen LogP) is 2.91. The molecule has 148 valence electrons. The van der Waals surface area contributed by atoms with Crippen LogP contribution in [-0.2, 0) is 0 Å². The second-order valence-corrected chi connectivity index (χ2v) is 7.55. The smallest absolute Gasteiger partial charge is 0.191 e. The van der Waals surface area contributed by atoms with Crippen molar-refractivity contribution in [1.29, 1.82) is 0 Å². The van der Waals surface area contributed by atoms with E-state index in [0.29, 0.717) is 12.1 Å². The summed E-state index contributed by atoms with van der Waals surface area (Å²) in [5.41, 5.74) is 0. The van der Waals surface area contributed by atoms with E-state index in [2.05, 4.69) is 48.1 Å². The third-order valence-corrected chi connectivity index (χ3v) is 5.54. The Balaban J connectivity index is 0.00000312. The molecule has 0 spiro atoms. The van der Waals surface area contributed by atoms with Crippen LogP contribution in [0.5, 0.6) is 0 Å². The van der Waals surface area contributed by atoms with Gasteiger partial charge < -0.3 is 10.6 Å². The van der Waals surface area contributed by atoms with Crippen LogP contribution in [0, 0.1) is 0 Å². The largest absolute Gasteiger partial charge is 0.357 e. The number of aliphatic imine (C=N–C) groups is 1. The van der Waals surface area contributed by atoms with Crippen molar-refractivity contribution >= 4 is 29.9 Å². The number of likely N-dealkylation sites (tertiary alicyclic amines) is 1. The molecule has 6 heteroatoms. The molecule has 1 atom stereocenters. The quantitative estimate of drug-likeness (QED) is 0.329. The van der Waals surface area contributed by atoms with Gasteiger partial charge in [0.05, 0.1) is 6.54 Å². The number of hydrogen-bond donors (Lipinski definition) is 2. The number of rotatable bonds is 8. The molecule has 1 saturated heterocycles. The van der Waals surface area contributed by atoms with E-state index in [1.165, 1.54) is 45.2 Å². The first-order valence-corrected chi connectivity index (χ1v) is 10.2. The van der Waals surface area contributed by atoms with Crippen LogP contribution < -0.4 is 10.6 Å². The standard InChI is InChI=1S/C19H39N5.HI/c1-5-20-19(21-12-14-23(6-2)16(3)4)22-17-11-13-24(15-17)18-9-7-8-10-18;/h16-18H,5-15H2,1-4H3,(H2,20,21,22);1H. The molecule has 1 heterocycles. The summed E-state index contributed by atoms with van der Waals surface area (Å²) >= 11 is 0. The Labute approximate surface area is 172 Å². The molecule has 25 heavy (non-hydrogen) atoms. The van der Waals surface area contributed by atoms with E-state index in [0.717, 1.165) is 38.2 Å². The van der Waals surface area contributed by atoms with Crippen LogP contribution in [0.2, 0.25) is 0 Å². The summed E-state index contributed by atoms with van der Waals surface area (Å²) in [6.07, 6.45) is 6.90. The maximum absolute atomic E-state index is 4.80. The third kappa shape index (κ3) is 7.59. The Kier molecular flexibility index (Phi) is 11.3.